The smallest absolute Gasteiger partial charge is 0.266 e. The second kappa shape index (κ2) is 9.92. The highest BCUT2D eigenvalue weighted by Crippen LogP contribution is 2.21. The maximum Gasteiger partial charge on any atom is 0.266 e. The lowest BCUT2D eigenvalue weighted by Gasteiger charge is -2.33. The maximum atomic E-state index is 12.6. The van der Waals surface area contributed by atoms with Crippen LogP contribution in [0.3, 0.4) is 0 Å². The monoisotopic (exact) mass is 383 g/mol. The van der Waals surface area contributed by atoms with Crippen LogP contribution in [0.15, 0.2) is 47.4 Å². The number of hydrogen-bond donors (Lipinski definition) is 2. The van der Waals surface area contributed by atoms with Crippen molar-refractivity contribution < 1.29 is 4.79 Å². The molecule has 2 heterocycles. The Balaban J connectivity index is 1.45. The molecular formula is C21H29N5O2. The van der Waals surface area contributed by atoms with E-state index >= 15 is 0 Å². The van der Waals surface area contributed by atoms with E-state index in [9.17, 15) is 9.59 Å². The Hall–Kier alpha value is -2.83. The van der Waals surface area contributed by atoms with Gasteiger partial charge in [0.2, 0.25) is 5.91 Å². The zero-order chi connectivity index (χ0) is 19.8. The molecule has 1 aliphatic rings. The van der Waals surface area contributed by atoms with Crippen molar-refractivity contribution in [2.45, 2.75) is 26.2 Å². The lowest BCUT2D eigenvalue weighted by Crippen LogP contribution is -2.44. The van der Waals surface area contributed by atoms with Crippen molar-refractivity contribution >= 4 is 17.3 Å². The summed E-state index contributed by atoms with van der Waals surface area (Å²) in [6.45, 7) is 6.15. The van der Waals surface area contributed by atoms with Crippen molar-refractivity contribution in [3.8, 4) is 0 Å². The molecule has 2 aromatic rings. The summed E-state index contributed by atoms with van der Waals surface area (Å²) < 4.78 is 0. The van der Waals surface area contributed by atoms with Crippen LogP contribution >= 0.6 is 0 Å². The van der Waals surface area contributed by atoms with E-state index in [-0.39, 0.29) is 17.4 Å². The van der Waals surface area contributed by atoms with Gasteiger partial charge in [-0.15, -0.1) is 0 Å². The average Bonchev–Trinajstić information content (AvgIpc) is 2.74. The van der Waals surface area contributed by atoms with Crippen LogP contribution < -0.4 is 20.7 Å². The number of carbonyl (C=O) groups is 1. The lowest BCUT2D eigenvalue weighted by molar-refractivity contribution is -0.125. The molecule has 0 saturated carbocycles. The third-order valence-electron chi connectivity index (χ3n) is 5.21. The number of benzene rings is 1. The highest BCUT2D eigenvalue weighted by atomic mass is 16.2. The zero-order valence-electron chi connectivity index (χ0n) is 16.4. The number of nitrogens with one attached hydrogen (secondary N) is 2. The largest absolute Gasteiger partial charge is 0.372 e. The SMILES string of the molecule is CCN(CCCNC(=O)[C@@H]1CCCN(c2cn[nH]c(=O)c2)C1)c1ccccc1. The van der Waals surface area contributed by atoms with Gasteiger partial charge in [0.25, 0.3) is 5.56 Å². The van der Waals surface area contributed by atoms with Gasteiger partial charge in [-0.3, -0.25) is 9.59 Å². The first-order valence-corrected chi connectivity index (χ1v) is 10.0. The molecule has 1 saturated heterocycles. The summed E-state index contributed by atoms with van der Waals surface area (Å²) in [7, 11) is 0. The molecule has 3 rings (SSSR count). The minimum absolute atomic E-state index is 0.0514. The first-order valence-electron chi connectivity index (χ1n) is 10.0. The molecule has 1 aromatic carbocycles. The van der Waals surface area contributed by atoms with Crippen LogP contribution in [0, 0.1) is 5.92 Å². The highest BCUT2D eigenvalue weighted by Gasteiger charge is 2.26. The molecular weight excluding hydrogens is 354 g/mol. The van der Waals surface area contributed by atoms with E-state index in [0.717, 1.165) is 44.6 Å². The predicted octanol–water partition coefficient (Wildman–Crippen LogP) is 2.02. The minimum Gasteiger partial charge on any atom is -0.372 e. The Bertz CT molecular complexity index is 808. The van der Waals surface area contributed by atoms with E-state index in [2.05, 4.69) is 44.4 Å². The van der Waals surface area contributed by atoms with Crippen LogP contribution in [0.5, 0.6) is 0 Å². The summed E-state index contributed by atoms with van der Waals surface area (Å²) in [6.07, 6.45) is 4.36. The van der Waals surface area contributed by atoms with E-state index in [1.807, 2.05) is 18.2 Å². The second-order valence-electron chi connectivity index (χ2n) is 7.15. The van der Waals surface area contributed by atoms with Crippen molar-refractivity contribution in [2.24, 2.45) is 5.92 Å². The van der Waals surface area contributed by atoms with Gasteiger partial charge in [0.05, 0.1) is 17.8 Å². The molecule has 1 aliphatic heterocycles. The van der Waals surface area contributed by atoms with Crippen molar-refractivity contribution in [1.82, 2.24) is 15.5 Å². The second-order valence-corrected chi connectivity index (χ2v) is 7.15. The summed E-state index contributed by atoms with van der Waals surface area (Å²) in [5.74, 6) is 0.0506. The number of aromatic nitrogens is 2. The topological polar surface area (TPSA) is 81.3 Å². The van der Waals surface area contributed by atoms with Gasteiger partial charge in [-0.1, -0.05) is 18.2 Å². The molecule has 0 spiro atoms. The van der Waals surface area contributed by atoms with E-state index in [1.54, 1.807) is 6.20 Å². The van der Waals surface area contributed by atoms with Gasteiger partial charge in [-0.05, 0) is 38.3 Å². The quantitative estimate of drug-likeness (QED) is 0.682. The Morgan fingerprint density at radius 2 is 2.18 bits per heavy atom. The average molecular weight is 383 g/mol. The Morgan fingerprint density at radius 3 is 2.93 bits per heavy atom. The molecule has 1 fully saturated rings. The molecule has 0 bridgehead atoms. The van der Waals surface area contributed by atoms with Gasteiger partial charge < -0.3 is 15.1 Å². The molecule has 0 unspecified atom stereocenters. The van der Waals surface area contributed by atoms with Crippen molar-refractivity contribution in [3.63, 3.8) is 0 Å². The molecule has 1 aromatic heterocycles. The normalized spacial score (nSPS) is 16.6. The van der Waals surface area contributed by atoms with Crippen molar-refractivity contribution in [3.05, 3.63) is 52.9 Å². The predicted molar refractivity (Wildman–Crippen MR) is 112 cm³/mol. The summed E-state index contributed by atoms with van der Waals surface area (Å²) in [5, 5.41) is 9.34. The summed E-state index contributed by atoms with van der Waals surface area (Å²) >= 11 is 0. The summed E-state index contributed by atoms with van der Waals surface area (Å²) in [5.41, 5.74) is 1.77. The van der Waals surface area contributed by atoms with Crippen LogP contribution in [0.4, 0.5) is 11.4 Å². The van der Waals surface area contributed by atoms with Gasteiger partial charge in [-0.2, -0.15) is 5.10 Å². The molecule has 2 N–H and O–H groups in total. The van der Waals surface area contributed by atoms with Gasteiger partial charge >= 0.3 is 0 Å². The molecule has 1 atom stereocenters. The number of H-pyrrole nitrogens is 1. The van der Waals surface area contributed by atoms with Crippen LogP contribution in [0.25, 0.3) is 0 Å². The van der Waals surface area contributed by atoms with Crippen molar-refractivity contribution in [2.75, 3.05) is 42.5 Å². The first-order chi connectivity index (χ1) is 13.7. The van der Waals surface area contributed by atoms with Crippen LogP contribution in [0.1, 0.15) is 26.2 Å². The Morgan fingerprint density at radius 1 is 1.36 bits per heavy atom. The number of aromatic amines is 1. The summed E-state index contributed by atoms with van der Waals surface area (Å²) in [4.78, 5) is 28.5. The minimum atomic E-state index is -0.219. The highest BCUT2D eigenvalue weighted by molar-refractivity contribution is 5.79. The van der Waals surface area contributed by atoms with Crippen LogP contribution in [0.2, 0.25) is 0 Å². The maximum absolute atomic E-state index is 12.6. The third-order valence-corrected chi connectivity index (χ3v) is 5.21. The fraction of sp³-hybridized carbons (Fsp3) is 0.476. The number of amides is 1. The van der Waals surface area contributed by atoms with Gasteiger partial charge in [0.1, 0.15) is 0 Å². The zero-order valence-corrected chi connectivity index (χ0v) is 16.4. The van der Waals surface area contributed by atoms with E-state index in [1.165, 1.54) is 11.8 Å². The van der Waals surface area contributed by atoms with Gasteiger partial charge in [-0.25, -0.2) is 5.10 Å². The fourth-order valence-electron chi connectivity index (χ4n) is 3.70. The van der Waals surface area contributed by atoms with Crippen LogP contribution in [-0.4, -0.2) is 48.8 Å². The van der Waals surface area contributed by atoms with E-state index in [0.29, 0.717) is 13.1 Å². The molecule has 150 valence electrons. The number of nitrogens with zero attached hydrogens (tertiary/aromatic N) is 3. The Kier molecular flexibility index (Phi) is 7.06. The number of hydrogen-bond acceptors (Lipinski definition) is 5. The van der Waals surface area contributed by atoms with Crippen molar-refractivity contribution in [1.29, 1.82) is 0 Å². The molecule has 7 nitrogen and oxygen atoms in total. The molecule has 0 aliphatic carbocycles. The third kappa shape index (κ3) is 5.34. The lowest BCUT2D eigenvalue weighted by atomic mass is 9.97. The first kappa shape index (κ1) is 19.9. The number of para-hydroxylation sites is 1. The molecule has 0 radical (unpaired) electrons. The molecule has 1 amide bonds. The van der Waals surface area contributed by atoms with Gasteiger partial charge in [0.15, 0.2) is 0 Å². The number of carbonyl (C=O) groups excluding carboxylic acids is 1. The van der Waals surface area contributed by atoms with E-state index in [4.69, 9.17) is 0 Å². The molecule has 28 heavy (non-hydrogen) atoms. The van der Waals surface area contributed by atoms with Crippen LogP contribution in [-0.2, 0) is 4.79 Å². The number of anilines is 2. The number of piperidine rings is 1. The summed E-state index contributed by atoms with van der Waals surface area (Å²) in [6, 6.07) is 11.9. The molecule has 7 heteroatoms. The number of rotatable bonds is 8. The standard InChI is InChI=1S/C21H29N5O2/c1-2-25(18-9-4-3-5-10-18)13-7-11-22-21(28)17-8-6-12-26(16-17)19-14-20(27)24-23-15-19/h3-5,9-10,14-15,17H,2,6-8,11-13,16H2,1H3,(H,22,28)(H,24,27)/t17-/m1/s1. The Labute approximate surface area is 165 Å². The fourth-order valence-corrected chi connectivity index (χ4v) is 3.70. The van der Waals surface area contributed by atoms with Gasteiger partial charge in [0, 0.05) is 44.5 Å². The van der Waals surface area contributed by atoms with E-state index < -0.39 is 0 Å².